The number of amides is 1. The number of nitrogens with one attached hydrogen (secondary N) is 1. The highest BCUT2D eigenvalue weighted by Gasteiger charge is 2.24. The molecule has 0 aliphatic carbocycles. The van der Waals surface area contributed by atoms with E-state index in [1.165, 1.54) is 31.3 Å². The number of sulfonamides is 1. The lowest BCUT2D eigenvalue weighted by molar-refractivity contribution is -0.116. The summed E-state index contributed by atoms with van der Waals surface area (Å²) in [6, 6.07) is 10.7. The Balaban J connectivity index is 1.71. The molecule has 1 amide bonds. The predicted octanol–water partition coefficient (Wildman–Crippen LogP) is 2.35. The van der Waals surface area contributed by atoms with Crippen LogP contribution in [0.3, 0.4) is 0 Å². The maximum atomic E-state index is 12.6. The molecule has 28 heavy (non-hydrogen) atoms. The van der Waals surface area contributed by atoms with Gasteiger partial charge < -0.3 is 14.8 Å². The van der Waals surface area contributed by atoms with Gasteiger partial charge in [0.05, 0.1) is 28.8 Å². The van der Waals surface area contributed by atoms with Gasteiger partial charge in [0.25, 0.3) is 0 Å². The predicted molar refractivity (Wildman–Crippen MR) is 105 cm³/mol. The van der Waals surface area contributed by atoms with Crippen molar-refractivity contribution in [2.75, 3.05) is 32.1 Å². The normalized spacial score (nSPS) is 13.1. The van der Waals surface area contributed by atoms with Crippen LogP contribution in [0, 0.1) is 11.3 Å². The van der Waals surface area contributed by atoms with Crippen molar-refractivity contribution in [2.45, 2.75) is 4.90 Å². The smallest absolute Gasteiger partial charge is 0.243 e. The third-order valence-corrected chi connectivity index (χ3v) is 6.44. The van der Waals surface area contributed by atoms with Crippen LogP contribution in [0.2, 0.25) is 0 Å². The lowest BCUT2D eigenvalue weighted by Gasteiger charge is -2.21. The van der Waals surface area contributed by atoms with E-state index in [4.69, 9.17) is 14.7 Å². The van der Waals surface area contributed by atoms with Gasteiger partial charge in [0.1, 0.15) is 13.2 Å². The third kappa shape index (κ3) is 4.27. The van der Waals surface area contributed by atoms with Crippen molar-refractivity contribution in [3.63, 3.8) is 0 Å². The van der Waals surface area contributed by atoms with Crippen LogP contribution in [0.15, 0.2) is 45.8 Å². The standard InChI is InChI=1S/C18H16BrN3O5S/c1-22(28(24,25)13-4-2-12(10-20)3-5-13)11-18(23)21-15-9-17-16(8-14(15)19)26-6-7-27-17/h2-5,8-9H,6-7,11H2,1H3,(H,21,23). The van der Waals surface area contributed by atoms with E-state index in [1.807, 2.05) is 6.07 Å². The number of nitrogens with zero attached hydrogens (tertiary/aromatic N) is 2. The van der Waals surface area contributed by atoms with Gasteiger partial charge in [-0.15, -0.1) is 0 Å². The number of hydrogen-bond donors (Lipinski definition) is 1. The number of benzene rings is 2. The highest BCUT2D eigenvalue weighted by atomic mass is 79.9. The zero-order valence-electron chi connectivity index (χ0n) is 14.8. The number of carbonyl (C=O) groups is 1. The summed E-state index contributed by atoms with van der Waals surface area (Å²) in [6.07, 6.45) is 0. The molecular formula is C18H16BrN3O5S. The molecule has 0 aromatic heterocycles. The summed E-state index contributed by atoms with van der Waals surface area (Å²) in [6.45, 7) is 0.472. The number of ether oxygens (including phenoxy) is 2. The van der Waals surface area contributed by atoms with Crippen molar-refractivity contribution in [3.05, 3.63) is 46.4 Å². The quantitative estimate of drug-likeness (QED) is 0.725. The monoisotopic (exact) mass is 465 g/mol. The Morgan fingerprint density at radius 3 is 2.43 bits per heavy atom. The van der Waals surface area contributed by atoms with Gasteiger partial charge in [0.2, 0.25) is 15.9 Å². The number of nitriles is 1. The fourth-order valence-electron chi connectivity index (χ4n) is 2.52. The lowest BCUT2D eigenvalue weighted by atomic mass is 10.2. The molecule has 0 unspecified atom stereocenters. The number of hydrogen-bond acceptors (Lipinski definition) is 6. The number of anilines is 1. The van der Waals surface area contributed by atoms with Gasteiger partial charge in [-0.1, -0.05) is 0 Å². The number of carbonyl (C=O) groups excluding carboxylic acids is 1. The van der Waals surface area contributed by atoms with E-state index in [-0.39, 0.29) is 11.4 Å². The van der Waals surface area contributed by atoms with Crippen LogP contribution >= 0.6 is 15.9 Å². The van der Waals surface area contributed by atoms with E-state index < -0.39 is 15.9 Å². The fourth-order valence-corrected chi connectivity index (χ4v) is 4.07. The van der Waals surface area contributed by atoms with Crippen LogP contribution in [0.25, 0.3) is 0 Å². The minimum absolute atomic E-state index is 0.00214. The van der Waals surface area contributed by atoms with E-state index in [0.29, 0.717) is 40.4 Å². The summed E-state index contributed by atoms with van der Waals surface area (Å²) in [5, 5.41) is 11.5. The van der Waals surface area contributed by atoms with E-state index in [1.54, 1.807) is 12.1 Å². The molecule has 0 fully saturated rings. The van der Waals surface area contributed by atoms with E-state index in [2.05, 4.69) is 21.2 Å². The first-order valence-corrected chi connectivity index (χ1v) is 10.4. The molecule has 1 N–H and O–H groups in total. The topological polar surface area (TPSA) is 109 Å². The third-order valence-electron chi connectivity index (χ3n) is 3.96. The number of halogens is 1. The first-order valence-electron chi connectivity index (χ1n) is 8.17. The molecule has 1 aliphatic rings. The Hall–Kier alpha value is -2.61. The summed E-state index contributed by atoms with van der Waals surface area (Å²) < 4.78 is 37.7. The minimum Gasteiger partial charge on any atom is -0.486 e. The van der Waals surface area contributed by atoms with Crippen LogP contribution in [0.4, 0.5) is 5.69 Å². The fraction of sp³-hybridized carbons (Fsp3) is 0.222. The van der Waals surface area contributed by atoms with Gasteiger partial charge in [0.15, 0.2) is 11.5 Å². The van der Waals surface area contributed by atoms with Crippen molar-refractivity contribution in [1.82, 2.24) is 4.31 Å². The molecule has 0 radical (unpaired) electrons. The Morgan fingerprint density at radius 2 is 1.82 bits per heavy atom. The van der Waals surface area contributed by atoms with Gasteiger partial charge in [-0.25, -0.2) is 8.42 Å². The Kier molecular flexibility index (Phi) is 5.88. The van der Waals surface area contributed by atoms with Crippen molar-refractivity contribution >= 4 is 37.5 Å². The largest absolute Gasteiger partial charge is 0.486 e. The van der Waals surface area contributed by atoms with Crippen LogP contribution in [0.5, 0.6) is 11.5 Å². The van der Waals surface area contributed by atoms with Crippen LogP contribution in [-0.2, 0) is 14.8 Å². The zero-order valence-corrected chi connectivity index (χ0v) is 17.2. The molecule has 1 aliphatic heterocycles. The van der Waals surface area contributed by atoms with Crippen LogP contribution in [0.1, 0.15) is 5.56 Å². The minimum atomic E-state index is -3.87. The molecule has 10 heteroatoms. The summed E-state index contributed by atoms with van der Waals surface area (Å²) in [5.74, 6) is 0.553. The molecule has 0 saturated heterocycles. The van der Waals surface area contributed by atoms with E-state index >= 15 is 0 Å². The number of rotatable bonds is 5. The second kappa shape index (κ2) is 8.18. The summed E-state index contributed by atoms with van der Waals surface area (Å²) >= 11 is 3.35. The van der Waals surface area contributed by atoms with Crippen molar-refractivity contribution < 1.29 is 22.7 Å². The van der Waals surface area contributed by atoms with E-state index in [0.717, 1.165) is 4.31 Å². The molecule has 2 aromatic rings. The molecule has 0 saturated carbocycles. The van der Waals surface area contributed by atoms with Gasteiger partial charge in [0, 0.05) is 23.7 Å². The molecule has 0 atom stereocenters. The van der Waals surface area contributed by atoms with Crippen molar-refractivity contribution in [3.8, 4) is 17.6 Å². The summed E-state index contributed by atoms with van der Waals surface area (Å²) in [4.78, 5) is 12.4. The Bertz CT molecular complexity index is 1050. The van der Waals surface area contributed by atoms with Gasteiger partial charge in [-0.05, 0) is 40.2 Å². The van der Waals surface area contributed by atoms with Crippen LogP contribution in [-0.4, -0.2) is 45.4 Å². The first kappa shape index (κ1) is 20.1. The molecular weight excluding hydrogens is 450 g/mol. The molecule has 2 aromatic carbocycles. The maximum Gasteiger partial charge on any atom is 0.243 e. The molecule has 3 rings (SSSR count). The maximum absolute atomic E-state index is 12.6. The molecule has 8 nitrogen and oxygen atoms in total. The average Bonchev–Trinajstić information content (AvgIpc) is 2.68. The highest BCUT2D eigenvalue weighted by molar-refractivity contribution is 9.10. The average molecular weight is 466 g/mol. The number of likely N-dealkylation sites (N-methyl/N-ethyl adjacent to an activating group) is 1. The zero-order chi connectivity index (χ0) is 20.3. The molecule has 0 bridgehead atoms. The van der Waals surface area contributed by atoms with E-state index in [9.17, 15) is 13.2 Å². The SMILES string of the molecule is CN(CC(=O)Nc1cc2c(cc1Br)OCCO2)S(=O)(=O)c1ccc(C#N)cc1. The Labute approximate surface area is 170 Å². The van der Waals surface area contributed by atoms with Crippen molar-refractivity contribution in [2.24, 2.45) is 0 Å². The second-order valence-electron chi connectivity index (χ2n) is 5.92. The molecule has 0 spiro atoms. The van der Waals surface area contributed by atoms with Gasteiger partial charge in [-0.3, -0.25) is 4.79 Å². The Morgan fingerprint density at radius 1 is 1.21 bits per heavy atom. The first-order chi connectivity index (χ1) is 13.3. The second-order valence-corrected chi connectivity index (χ2v) is 8.82. The van der Waals surface area contributed by atoms with Crippen molar-refractivity contribution in [1.29, 1.82) is 5.26 Å². The lowest BCUT2D eigenvalue weighted by Crippen LogP contribution is -2.35. The summed E-state index contributed by atoms with van der Waals surface area (Å²) in [7, 11) is -2.56. The summed E-state index contributed by atoms with van der Waals surface area (Å²) in [5.41, 5.74) is 0.793. The highest BCUT2D eigenvalue weighted by Crippen LogP contribution is 2.38. The van der Waals surface area contributed by atoms with Gasteiger partial charge in [-0.2, -0.15) is 9.57 Å². The number of fused-ring (bicyclic) bond motifs is 1. The molecule has 1 heterocycles. The van der Waals surface area contributed by atoms with Gasteiger partial charge >= 0.3 is 0 Å². The van der Waals surface area contributed by atoms with Crippen LogP contribution < -0.4 is 14.8 Å². The molecule has 146 valence electrons.